The van der Waals surface area contributed by atoms with Crippen LogP contribution in [-0.2, 0) is 42.8 Å². The van der Waals surface area contributed by atoms with Crippen LogP contribution in [0.2, 0.25) is 0 Å². The Morgan fingerprint density at radius 2 is 2.07 bits per heavy atom. The van der Waals surface area contributed by atoms with Gasteiger partial charge in [0.15, 0.2) is 0 Å². The van der Waals surface area contributed by atoms with Crippen LogP contribution in [0.5, 0.6) is 0 Å². The molecule has 3 aliphatic rings. The molecule has 3 amide bonds. The van der Waals surface area contributed by atoms with Gasteiger partial charge in [0, 0.05) is 50.8 Å². The predicted molar refractivity (Wildman–Crippen MR) is 104 cm³/mol. The van der Waals surface area contributed by atoms with Gasteiger partial charge in [-0.15, -0.1) is 0 Å². The quantitative estimate of drug-likeness (QED) is 0.648. The summed E-state index contributed by atoms with van der Waals surface area (Å²) in [6.07, 6.45) is 0.622. The van der Waals surface area contributed by atoms with Crippen LogP contribution in [0.4, 0.5) is 5.82 Å². The Kier molecular flexibility index (Phi) is 4.13. The molecule has 1 atom stereocenters. The number of carbonyl (C=O) groups is 3. The summed E-state index contributed by atoms with van der Waals surface area (Å²) in [5, 5.41) is 13.6. The van der Waals surface area contributed by atoms with Crippen molar-refractivity contribution < 1.29 is 14.4 Å². The second kappa shape index (κ2) is 6.70. The Balaban J connectivity index is 1.37. The molecular weight excluding hydrogens is 372 g/mol. The van der Waals surface area contributed by atoms with E-state index in [2.05, 4.69) is 21.0 Å². The Bertz CT molecular complexity index is 1040. The van der Waals surface area contributed by atoms with Crippen LogP contribution in [0.1, 0.15) is 45.6 Å². The van der Waals surface area contributed by atoms with Gasteiger partial charge in [0.1, 0.15) is 11.9 Å². The molecule has 1 fully saturated rings. The molecule has 3 N–H and O–H groups in total. The number of benzene rings is 1. The number of nitrogens with zero attached hydrogens (tertiary/aromatic N) is 3. The SMILES string of the molecule is Cn1nc2c(c1NCc1cccc3c1CN(C1CCC(=O)NC1=O)C3=O)CNC2. The summed E-state index contributed by atoms with van der Waals surface area (Å²) in [4.78, 5) is 38.2. The lowest BCUT2D eigenvalue weighted by Crippen LogP contribution is -2.52. The van der Waals surface area contributed by atoms with Crippen molar-refractivity contribution in [2.24, 2.45) is 7.05 Å². The number of fused-ring (bicyclic) bond motifs is 2. The average Bonchev–Trinajstić information content (AvgIpc) is 3.35. The molecule has 0 radical (unpaired) electrons. The maximum atomic E-state index is 12.9. The molecule has 4 heterocycles. The highest BCUT2D eigenvalue weighted by Gasteiger charge is 2.39. The third-order valence-corrected chi connectivity index (χ3v) is 5.95. The molecule has 1 aromatic carbocycles. The van der Waals surface area contributed by atoms with E-state index in [1.165, 1.54) is 5.56 Å². The first-order chi connectivity index (χ1) is 14.0. The van der Waals surface area contributed by atoms with Crippen LogP contribution in [0.15, 0.2) is 18.2 Å². The Labute approximate surface area is 167 Å². The molecule has 2 aromatic rings. The van der Waals surface area contributed by atoms with Crippen LogP contribution in [0.3, 0.4) is 0 Å². The molecule has 9 heteroatoms. The smallest absolute Gasteiger partial charge is 0.255 e. The number of nitrogens with one attached hydrogen (secondary N) is 3. The number of amides is 3. The summed E-state index contributed by atoms with van der Waals surface area (Å²) in [6.45, 7) is 2.51. The number of anilines is 1. The van der Waals surface area contributed by atoms with Crippen molar-refractivity contribution in [3.8, 4) is 0 Å². The lowest BCUT2D eigenvalue weighted by Gasteiger charge is -2.29. The fourth-order valence-corrected chi connectivity index (χ4v) is 4.47. The second-order valence-electron chi connectivity index (χ2n) is 7.70. The van der Waals surface area contributed by atoms with Crippen molar-refractivity contribution in [1.29, 1.82) is 0 Å². The Hall–Kier alpha value is -3.20. The predicted octanol–water partition coefficient (Wildman–Crippen LogP) is 0.396. The number of rotatable bonds is 4. The first-order valence-corrected chi connectivity index (χ1v) is 9.77. The maximum absolute atomic E-state index is 12.9. The number of aromatic nitrogens is 2. The topological polar surface area (TPSA) is 108 Å². The highest BCUT2D eigenvalue weighted by Crippen LogP contribution is 2.31. The normalized spacial score (nSPS) is 20.7. The van der Waals surface area contributed by atoms with Gasteiger partial charge < -0.3 is 15.5 Å². The molecule has 9 nitrogen and oxygen atoms in total. The van der Waals surface area contributed by atoms with Gasteiger partial charge in [-0.1, -0.05) is 12.1 Å². The molecule has 0 saturated carbocycles. The average molecular weight is 394 g/mol. The van der Waals surface area contributed by atoms with Gasteiger partial charge in [-0.2, -0.15) is 5.10 Å². The minimum absolute atomic E-state index is 0.151. The van der Waals surface area contributed by atoms with E-state index in [-0.39, 0.29) is 24.1 Å². The third kappa shape index (κ3) is 2.89. The maximum Gasteiger partial charge on any atom is 0.255 e. The third-order valence-electron chi connectivity index (χ3n) is 5.95. The van der Waals surface area contributed by atoms with Crippen LogP contribution >= 0.6 is 0 Å². The largest absolute Gasteiger partial charge is 0.366 e. The van der Waals surface area contributed by atoms with E-state index in [1.807, 2.05) is 23.9 Å². The van der Waals surface area contributed by atoms with Crippen molar-refractivity contribution in [1.82, 2.24) is 25.3 Å². The molecule has 5 rings (SSSR count). The standard InChI is InChI=1S/C20H22N6O3/c1-25-18(13-8-21-9-15(13)24-25)22-7-11-3-2-4-12-14(11)10-26(20(12)29)16-5-6-17(27)23-19(16)28/h2-4,16,21-22H,5-10H2,1H3,(H,23,27,28). The van der Waals surface area contributed by atoms with Crippen molar-refractivity contribution >= 4 is 23.5 Å². The number of aryl methyl sites for hydroxylation is 1. The number of hydrogen-bond acceptors (Lipinski definition) is 6. The van der Waals surface area contributed by atoms with Gasteiger partial charge in [-0.3, -0.25) is 24.4 Å². The minimum Gasteiger partial charge on any atom is -0.366 e. The van der Waals surface area contributed by atoms with Crippen LogP contribution in [0.25, 0.3) is 0 Å². The van der Waals surface area contributed by atoms with Gasteiger partial charge in [-0.25, -0.2) is 0 Å². The van der Waals surface area contributed by atoms with E-state index in [0.717, 1.165) is 35.7 Å². The highest BCUT2D eigenvalue weighted by atomic mass is 16.2. The fraction of sp³-hybridized carbons (Fsp3) is 0.400. The number of carbonyl (C=O) groups excluding carboxylic acids is 3. The molecule has 0 spiro atoms. The Morgan fingerprint density at radius 1 is 1.21 bits per heavy atom. The fourth-order valence-electron chi connectivity index (χ4n) is 4.47. The summed E-state index contributed by atoms with van der Waals surface area (Å²) < 4.78 is 1.86. The van der Waals surface area contributed by atoms with E-state index in [0.29, 0.717) is 25.1 Å². The van der Waals surface area contributed by atoms with Crippen molar-refractivity contribution in [2.75, 3.05) is 5.32 Å². The van der Waals surface area contributed by atoms with Crippen molar-refractivity contribution in [3.63, 3.8) is 0 Å². The zero-order valence-electron chi connectivity index (χ0n) is 16.1. The van der Waals surface area contributed by atoms with Crippen molar-refractivity contribution in [2.45, 2.75) is 45.1 Å². The molecule has 150 valence electrons. The van der Waals surface area contributed by atoms with Crippen molar-refractivity contribution in [3.05, 3.63) is 46.1 Å². The molecule has 0 bridgehead atoms. The van der Waals surface area contributed by atoms with E-state index in [4.69, 9.17) is 0 Å². The molecule has 29 heavy (non-hydrogen) atoms. The van der Waals surface area contributed by atoms with Gasteiger partial charge >= 0.3 is 0 Å². The first-order valence-electron chi connectivity index (χ1n) is 9.77. The van der Waals surface area contributed by atoms with E-state index in [1.54, 1.807) is 11.0 Å². The van der Waals surface area contributed by atoms with Gasteiger partial charge in [0.2, 0.25) is 11.8 Å². The van der Waals surface area contributed by atoms with E-state index >= 15 is 0 Å². The summed E-state index contributed by atoms with van der Waals surface area (Å²) in [5.41, 5.74) is 4.83. The van der Waals surface area contributed by atoms with Gasteiger partial charge in [0.05, 0.1) is 5.69 Å². The second-order valence-corrected chi connectivity index (χ2v) is 7.70. The minimum atomic E-state index is -0.597. The van der Waals surface area contributed by atoms with E-state index < -0.39 is 6.04 Å². The molecule has 1 aromatic heterocycles. The molecular formula is C20H22N6O3. The molecule has 1 saturated heterocycles. The van der Waals surface area contributed by atoms with Gasteiger partial charge in [-0.05, 0) is 23.6 Å². The molecule has 3 aliphatic heterocycles. The van der Waals surface area contributed by atoms with Crippen LogP contribution in [0, 0.1) is 0 Å². The summed E-state index contributed by atoms with van der Waals surface area (Å²) in [5.74, 6) is 0.162. The highest BCUT2D eigenvalue weighted by molar-refractivity contribution is 6.05. The lowest BCUT2D eigenvalue weighted by molar-refractivity contribution is -0.136. The summed E-state index contributed by atoms with van der Waals surface area (Å²) in [6, 6.07) is 5.08. The molecule has 0 aliphatic carbocycles. The number of imide groups is 1. The number of piperidine rings is 1. The summed E-state index contributed by atoms with van der Waals surface area (Å²) in [7, 11) is 1.92. The monoisotopic (exact) mass is 394 g/mol. The zero-order valence-corrected chi connectivity index (χ0v) is 16.1. The van der Waals surface area contributed by atoms with Crippen LogP contribution in [-0.4, -0.2) is 38.4 Å². The Morgan fingerprint density at radius 3 is 2.90 bits per heavy atom. The van der Waals surface area contributed by atoms with Gasteiger partial charge in [0.25, 0.3) is 5.91 Å². The summed E-state index contributed by atoms with van der Waals surface area (Å²) >= 11 is 0. The zero-order chi connectivity index (χ0) is 20.1. The first kappa shape index (κ1) is 17.9. The van der Waals surface area contributed by atoms with Crippen LogP contribution < -0.4 is 16.0 Å². The number of hydrogen-bond donors (Lipinski definition) is 3. The molecule has 1 unspecified atom stereocenters. The lowest BCUT2D eigenvalue weighted by atomic mass is 10.0. The van der Waals surface area contributed by atoms with E-state index in [9.17, 15) is 14.4 Å².